The molecule has 0 bridgehead atoms. The lowest BCUT2D eigenvalue weighted by Crippen LogP contribution is -2.10. The molecule has 4 aromatic heterocycles. The highest BCUT2D eigenvalue weighted by atomic mass is 16.3. The summed E-state index contributed by atoms with van der Waals surface area (Å²) in [5.41, 5.74) is 15.1. The first-order valence-corrected chi connectivity index (χ1v) is 23.7. The number of hydrogen-bond donors (Lipinski definition) is 0. The summed E-state index contributed by atoms with van der Waals surface area (Å²) in [7, 11) is 0. The van der Waals surface area contributed by atoms with Gasteiger partial charge in [-0.15, -0.1) is 0 Å². The van der Waals surface area contributed by atoms with Crippen LogP contribution < -0.4 is 9.80 Å². The molecule has 70 heavy (non-hydrogen) atoms. The third-order valence-electron chi connectivity index (χ3n) is 14.5. The molecular formula is C64H40N2O4. The van der Waals surface area contributed by atoms with Crippen molar-refractivity contribution in [2.45, 2.75) is 13.8 Å². The monoisotopic (exact) mass is 900 g/mol. The first kappa shape index (κ1) is 38.8. The second-order valence-corrected chi connectivity index (χ2v) is 18.5. The number of aryl methyl sites for hydroxylation is 2. The minimum absolute atomic E-state index is 0.841. The Bertz CT molecular complexity index is 4340. The average Bonchev–Trinajstić information content (AvgIpc) is 4.18. The van der Waals surface area contributed by atoms with Gasteiger partial charge in [-0.05, 0) is 132 Å². The quantitative estimate of drug-likeness (QED) is 0.166. The van der Waals surface area contributed by atoms with E-state index < -0.39 is 0 Å². The fourth-order valence-corrected chi connectivity index (χ4v) is 11.3. The molecule has 0 radical (unpaired) electrons. The van der Waals surface area contributed by atoms with Crippen LogP contribution in [0.2, 0.25) is 0 Å². The number of benzene rings is 11. The summed E-state index contributed by atoms with van der Waals surface area (Å²) < 4.78 is 27.0. The molecule has 0 fully saturated rings. The summed E-state index contributed by atoms with van der Waals surface area (Å²) in [5, 5.41) is 13.1. The van der Waals surface area contributed by atoms with Crippen molar-refractivity contribution in [2.75, 3.05) is 9.80 Å². The molecule has 6 heteroatoms. The Morgan fingerprint density at radius 3 is 1.13 bits per heavy atom. The van der Waals surface area contributed by atoms with Crippen LogP contribution in [0.15, 0.2) is 224 Å². The highest BCUT2D eigenvalue weighted by Gasteiger charge is 2.25. The number of para-hydroxylation sites is 6. The van der Waals surface area contributed by atoms with Crippen LogP contribution in [0.3, 0.4) is 0 Å². The first-order chi connectivity index (χ1) is 34.5. The average molecular weight is 901 g/mol. The summed E-state index contributed by atoms with van der Waals surface area (Å²) in [6.07, 6.45) is 0. The molecule has 0 amide bonds. The van der Waals surface area contributed by atoms with Gasteiger partial charge in [0.05, 0.1) is 11.4 Å². The van der Waals surface area contributed by atoms with E-state index in [2.05, 4.69) is 206 Å². The Morgan fingerprint density at radius 1 is 0.271 bits per heavy atom. The van der Waals surface area contributed by atoms with E-state index in [4.69, 9.17) is 17.7 Å². The number of furan rings is 4. The minimum atomic E-state index is 0.841. The van der Waals surface area contributed by atoms with Crippen LogP contribution in [0.5, 0.6) is 0 Å². The van der Waals surface area contributed by atoms with E-state index in [1.807, 2.05) is 24.3 Å². The largest absolute Gasteiger partial charge is 0.456 e. The molecule has 0 saturated carbocycles. The summed E-state index contributed by atoms with van der Waals surface area (Å²) in [4.78, 5) is 4.57. The maximum Gasteiger partial charge on any atom is 0.159 e. The predicted octanol–water partition coefficient (Wildman–Crippen LogP) is 19.1. The summed E-state index contributed by atoms with van der Waals surface area (Å²) >= 11 is 0. The van der Waals surface area contributed by atoms with Crippen molar-refractivity contribution in [3.63, 3.8) is 0 Å². The zero-order chi connectivity index (χ0) is 46.2. The lowest BCUT2D eigenvalue weighted by Gasteiger charge is -2.25. The molecule has 0 aliphatic carbocycles. The Labute approximate surface area is 400 Å². The summed E-state index contributed by atoms with van der Waals surface area (Å²) in [6, 6.07) is 72.5. The van der Waals surface area contributed by atoms with Gasteiger partial charge < -0.3 is 27.5 Å². The minimum Gasteiger partial charge on any atom is -0.456 e. The number of hydrogen-bond acceptors (Lipinski definition) is 6. The van der Waals surface area contributed by atoms with Crippen molar-refractivity contribution < 1.29 is 17.7 Å². The topological polar surface area (TPSA) is 59.0 Å². The van der Waals surface area contributed by atoms with Gasteiger partial charge in [-0.2, -0.15) is 0 Å². The molecule has 0 spiro atoms. The Morgan fingerprint density at radius 2 is 0.671 bits per heavy atom. The van der Waals surface area contributed by atoms with Crippen LogP contribution in [-0.4, -0.2) is 0 Å². The van der Waals surface area contributed by atoms with Crippen molar-refractivity contribution in [1.29, 1.82) is 0 Å². The molecule has 0 unspecified atom stereocenters. The lowest BCUT2D eigenvalue weighted by atomic mass is 9.97. The molecule has 0 N–H and O–H groups in total. The SMILES string of the molecule is Cc1c2oc3cc4cc(N(c5ccccc5)c5cccc6c5oc5ccccc56)ccc4cc3c2c(C)c2oc3cc4cc(N(c5ccccc5)c5cccc6c5oc5ccccc56)ccc4cc3c12. The van der Waals surface area contributed by atoms with Crippen LogP contribution in [0.25, 0.3) is 109 Å². The number of fused-ring (bicyclic) bond motifs is 14. The first-order valence-electron chi connectivity index (χ1n) is 23.7. The maximum atomic E-state index is 6.94. The Hall–Kier alpha value is -9.26. The molecule has 15 aromatic rings. The predicted molar refractivity (Wildman–Crippen MR) is 289 cm³/mol. The zero-order valence-electron chi connectivity index (χ0n) is 38.2. The summed E-state index contributed by atoms with van der Waals surface area (Å²) in [5.74, 6) is 0. The van der Waals surface area contributed by atoms with Gasteiger partial charge in [-0.3, -0.25) is 0 Å². The molecule has 4 heterocycles. The van der Waals surface area contributed by atoms with Gasteiger partial charge in [0.25, 0.3) is 0 Å². The van der Waals surface area contributed by atoms with Gasteiger partial charge >= 0.3 is 0 Å². The van der Waals surface area contributed by atoms with Crippen LogP contribution >= 0.6 is 0 Å². The van der Waals surface area contributed by atoms with Gasteiger partial charge in [-0.1, -0.05) is 109 Å². The molecule has 11 aromatic carbocycles. The lowest BCUT2D eigenvalue weighted by molar-refractivity contribution is 0.660. The van der Waals surface area contributed by atoms with Crippen molar-refractivity contribution in [2.24, 2.45) is 0 Å². The van der Waals surface area contributed by atoms with E-state index in [1.54, 1.807) is 0 Å². The van der Waals surface area contributed by atoms with Crippen molar-refractivity contribution >= 4 is 143 Å². The van der Waals surface area contributed by atoms with Crippen LogP contribution in [0.1, 0.15) is 11.1 Å². The van der Waals surface area contributed by atoms with Gasteiger partial charge in [0, 0.05) is 77.0 Å². The van der Waals surface area contributed by atoms with E-state index in [1.165, 1.54) is 0 Å². The fraction of sp³-hybridized carbons (Fsp3) is 0.0312. The number of anilines is 6. The van der Waals surface area contributed by atoms with Crippen LogP contribution in [0.4, 0.5) is 34.1 Å². The van der Waals surface area contributed by atoms with Crippen molar-refractivity contribution in [3.05, 3.63) is 217 Å². The highest BCUT2D eigenvalue weighted by Crippen LogP contribution is 2.48. The molecule has 0 aliphatic rings. The van der Waals surface area contributed by atoms with Gasteiger partial charge in [0.1, 0.15) is 33.5 Å². The van der Waals surface area contributed by atoms with Gasteiger partial charge in [0.2, 0.25) is 0 Å². The second kappa shape index (κ2) is 14.6. The zero-order valence-corrected chi connectivity index (χ0v) is 38.2. The van der Waals surface area contributed by atoms with Gasteiger partial charge in [0.15, 0.2) is 11.2 Å². The normalized spacial score (nSPS) is 12.1. The molecule has 0 saturated heterocycles. The molecule has 6 nitrogen and oxygen atoms in total. The van der Waals surface area contributed by atoms with Crippen molar-refractivity contribution in [1.82, 2.24) is 0 Å². The third kappa shape index (κ3) is 5.62. The number of nitrogens with zero attached hydrogens (tertiary/aromatic N) is 2. The van der Waals surface area contributed by atoms with Gasteiger partial charge in [-0.25, -0.2) is 0 Å². The Balaban J connectivity index is 0.861. The molecule has 15 rings (SSSR count). The third-order valence-corrected chi connectivity index (χ3v) is 14.5. The molecule has 0 atom stereocenters. The molecular weight excluding hydrogens is 861 g/mol. The molecule has 0 aliphatic heterocycles. The van der Waals surface area contributed by atoms with E-state index >= 15 is 0 Å². The van der Waals surface area contributed by atoms with E-state index in [9.17, 15) is 0 Å². The highest BCUT2D eigenvalue weighted by molar-refractivity contribution is 6.22. The van der Waals surface area contributed by atoms with E-state index in [-0.39, 0.29) is 0 Å². The van der Waals surface area contributed by atoms with Crippen LogP contribution in [-0.2, 0) is 0 Å². The van der Waals surface area contributed by atoms with Crippen LogP contribution in [0, 0.1) is 13.8 Å². The summed E-state index contributed by atoms with van der Waals surface area (Å²) in [6.45, 7) is 4.33. The second-order valence-electron chi connectivity index (χ2n) is 18.5. The fourth-order valence-electron chi connectivity index (χ4n) is 11.3. The molecule has 330 valence electrons. The smallest absolute Gasteiger partial charge is 0.159 e. The maximum absolute atomic E-state index is 6.94. The Kier molecular flexibility index (Phi) is 8.10. The number of rotatable bonds is 6. The van der Waals surface area contributed by atoms with E-state index in [0.29, 0.717) is 0 Å². The van der Waals surface area contributed by atoms with Crippen molar-refractivity contribution in [3.8, 4) is 0 Å². The van der Waals surface area contributed by atoms with E-state index in [0.717, 1.165) is 155 Å². The standard InChI is InChI=1S/C64H40N2O4/c1-37-59-51-33-39-27-29-45(65(43-15-5-3-6-16-43)53-23-13-21-49-47-19-9-11-25-55(47)67-63(49)53)31-41(39)35-57(51)70-62(59)38(2)60-52-34-40-28-30-46(32-42(40)36-58(52)69-61(37)60)66(44-17-7-4-8-18-44)54-24-14-22-50-48-20-10-12-26-56(48)68-64(50)54/h3-36H,1-2H3.